The van der Waals surface area contributed by atoms with Crippen molar-refractivity contribution in [2.75, 3.05) is 65.4 Å². The highest BCUT2D eigenvalue weighted by atomic mass is 15.3. The predicted molar refractivity (Wildman–Crippen MR) is 307 cm³/mol. The van der Waals surface area contributed by atoms with Gasteiger partial charge in [-0.15, -0.1) is 0 Å². The largest absolute Gasteiger partial charge is 0.310 e. The second-order valence-electron chi connectivity index (χ2n) is 23.8. The zero-order valence-corrected chi connectivity index (χ0v) is 48.3. The van der Waals surface area contributed by atoms with Gasteiger partial charge in [-0.3, -0.25) is 19.4 Å². The molecular weight excluding hydrogens is 869 g/mol. The minimum absolute atomic E-state index is 0.481. The minimum Gasteiger partial charge on any atom is -0.310 e. The van der Waals surface area contributed by atoms with Gasteiger partial charge < -0.3 is 15.1 Å². The van der Waals surface area contributed by atoms with Gasteiger partial charge in [-0.2, -0.15) is 5.10 Å². The monoisotopic (exact) mass is 973 g/mol. The Hall–Kier alpha value is -3.37. The second-order valence-corrected chi connectivity index (χ2v) is 23.8. The molecule has 0 radical (unpaired) electrons. The van der Waals surface area contributed by atoms with E-state index in [2.05, 4.69) is 218 Å². The predicted octanol–water partition coefficient (Wildman–Crippen LogP) is 13.5. The lowest BCUT2D eigenvalue weighted by Gasteiger charge is -2.37. The van der Waals surface area contributed by atoms with Gasteiger partial charge in [-0.25, -0.2) is 0 Å². The van der Waals surface area contributed by atoms with E-state index in [4.69, 9.17) is 5.10 Å². The second kappa shape index (κ2) is 28.9. The molecule has 0 aliphatic carbocycles. The van der Waals surface area contributed by atoms with Crippen molar-refractivity contribution in [3.8, 4) is 11.3 Å². The number of likely N-dealkylation sites (tertiary alicyclic amines) is 2. The van der Waals surface area contributed by atoms with Crippen molar-refractivity contribution in [3.05, 3.63) is 112 Å². The maximum absolute atomic E-state index is 5.11. The van der Waals surface area contributed by atoms with E-state index in [1.54, 1.807) is 0 Å². The van der Waals surface area contributed by atoms with Gasteiger partial charge in [-0.05, 0) is 170 Å². The molecule has 8 nitrogen and oxygen atoms in total. The van der Waals surface area contributed by atoms with E-state index in [9.17, 15) is 0 Å². The van der Waals surface area contributed by atoms with Crippen LogP contribution in [0.5, 0.6) is 0 Å². The highest BCUT2D eigenvalue weighted by Gasteiger charge is 2.24. The number of benzene rings is 3. The third-order valence-corrected chi connectivity index (χ3v) is 15.6. The van der Waals surface area contributed by atoms with Crippen LogP contribution in [0.15, 0.2) is 72.9 Å². The van der Waals surface area contributed by atoms with Crippen LogP contribution in [0.25, 0.3) is 11.3 Å². The lowest BCUT2D eigenvalue weighted by molar-refractivity contribution is 0.101. The molecule has 0 unspecified atom stereocenters. The van der Waals surface area contributed by atoms with E-state index in [1.165, 1.54) is 136 Å². The topological polar surface area (TPSA) is 46.1 Å². The maximum Gasteiger partial charge on any atom is 0.0968 e. The quantitative estimate of drug-likeness (QED) is 0.100. The minimum atomic E-state index is 0.481. The average molecular weight is 974 g/mol. The van der Waals surface area contributed by atoms with Crippen LogP contribution in [0.1, 0.15) is 199 Å². The number of piperidine rings is 1. The fraction of sp³-hybridized carbons (Fsp3) is 0.667. The van der Waals surface area contributed by atoms with Crippen molar-refractivity contribution in [1.29, 1.82) is 0 Å². The fourth-order valence-corrected chi connectivity index (χ4v) is 11.0. The highest BCUT2D eigenvalue weighted by Crippen LogP contribution is 2.33. The van der Waals surface area contributed by atoms with E-state index >= 15 is 0 Å². The molecule has 3 aromatic carbocycles. The number of hydrogen-bond donors (Lipinski definition) is 1. The molecule has 0 amide bonds. The summed E-state index contributed by atoms with van der Waals surface area (Å²) in [6.07, 6.45) is 7.65. The van der Waals surface area contributed by atoms with Gasteiger partial charge in [0.1, 0.15) is 0 Å². The number of aromatic nitrogens is 2. The first-order chi connectivity index (χ1) is 33.8. The van der Waals surface area contributed by atoms with Crippen LogP contribution in [0.4, 0.5) is 0 Å². The van der Waals surface area contributed by atoms with Crippen molar-refractivity contribution in [1.82, 2.24) is 39.6 Å². The van der Waals surface area contributed by atoms with E-state index < -0.39 is 0 Å². The summed E-state index contributed by atoms with van der Waals surface area (Å²) < 4.78 is 2.12. The van der Waals surface area contributed by atoms with Crippen LogP contribution in [0.3, 0.4) is 0 Å². The number of nitrogens with zero attached hydrogens (tertiary/aromatic N) is 7. The Kier molecular flexibility index (Phi) is 23.8. The third kappa shape index (κ3) is 18.2. The molecule has 4 heterocycles. The number of rotatable bonds is 19. The van der Waals surface area contributed by atoms with Crippen molar-refractivity contribution >= 4 is 0 Å². The summed E-state index contributed by atoms with van der Waals surface area (Å²) in [6.45, 7) is 52.2. The Morgan fingerprint density at radius 3 is 1.56 bits per heavy atom. The first kappa shape index (κ1) is 58.5. The van der Waals surface area contributed by atoms with Gasteiger partial charge in [0.2, 0.25) is 0 Å². The summed E-state index contributed by atoms with van der Waals surface area (Å²) in [7, 11) is 0. The summed E-state index contributed by atoms with van der Waals surface area (Å²) in [5, 5.41) is 8.90. The lowest BCUT2D eigenvalue weighted by Crippen LogP contribution is -2.50. The first-order valence-corrected chi connectivity index (χ1v) is 28.6. The van der Waals surface area contributed by atoms with E-state index in [1.807, 2.05) is 0 Å². The molecule has 0 saturated carbocycles. The van der Waals surface area contributed by atoms with Crippen molar-refractivity contribution < 1.29 is 0 Å². The molecule has 8 heteroatoms. The van der Waals surface area contributed by atoms with Crippen LogP contribution in [-0.2, 0) is 19.6 Å². The van der Waals surface area contributed by atoms with Gasteiger partial charge >= 0.3 is 0 Å². The normalized spacial score (nSPS) is 17.0. The molecule has 3 aliphatic rings. The number of nitrogens with one attached hydrogen (secondary N) is 1. The standard InChI is InChI=1S/C29H41N3.C21H36N2.C13H27N3/c1-20(2)27-15-14-25(16-28(27)21(3)4)29-26(19-32(22(5)6)23(7)8)18-31(30-29)17-24-12-10-9-11-13-24;1-15(2)20-8-7-18(13-21(20)16(3)4)14-22-19-9-11-23(12-10-19)17(5)6;1-13(2)16-11-9-15(10-12-16)8-7-14-5-3-4-6-14/h9-16,18,20-23H,17,19H2,1-8H3;7-8,13,15-17,19,22H,9-12,14H2,1-6H3;13H,3-12H2,1-2H3. The molecule has 1 N–H and O–H groups in total. The summed E-state index contributed by atoms with van der Waals surface area (Å²) in [5.41, 5.74) is 12.3. The Bertz CT molecular complexity index is 2090. The molecule has 0 spiro atoms. The van der Waals surface area contributed by atoms with Crippen LogP contribution >= 0.6 is 0 Å². The summed E-state index contributed by atoms with van der Waals surface area (Å²) in [6, 6.07) is 27.7. The Labute approximate surface area is 436 Å². The highest BCUT2D eigenvalue weighted by molar-refractivity contribution is 5.65. The Morgan fingerprint density at radius 2 is 1.04 bits per heavy atom. The molecule has 7 rings (SSSR count). The van der Waals surface area contributed by atoms with Crippen LogP contribution < -0.4 is 5.32 Å². The SMILES string of the molecule is CC(C)N1CCN(CCN2CCCC2)CC1.CC(C)c1ccc(-c2nn(Cc3ccccc3)cc2CN(C(C)C)C(C)C)cc1C(C)C.CC(C)c1ccc(CNC2CCN(C(C)C)CC2)cc1C(C)C. The summed E-state index contributed by atoms with van der Waals surface area (Å²) in [5.74, 6) is 2.22. The molecule has 0 atom stereocenters. The zero-order chi connectivity index (χ0) is 51.8. The van der Waals surface area contributed by atoms with Gasteiger partial charge in [0.05, 0.1) is 12.2 Å². The smallest absolute Gasteiger partial charge is 0.0968 e. The summed E-state index contributed by atoms with van der Waals surface area (Å²) >= 11 is 0. The average Bonchev–Trinajstić information content (AvgIpc) is 4.02. The third-order valence-electron chi connectivity index (χ3n) is 15.6. The summed E-state index contributed by atoms with van der Waals surface area (Å²) in [4.78, 5) is 13.0. The molecule has 3 fully saturated rings. The van der Waals surface area contributed by atoms with Crippen molar-refractivity contribution in [2.45, 2.75) is 210 Å². The molecule has 71 heavy (non-hydrogen) atoms. The molecule has 0 bridgehead atoms. The van der Waals surface area contributed by atoms with Gasteiger partial charge in [0.25, 0.3) is 0 Å². The van der Waals surface area contributed by atoms with Crippen molar-refractivity contribution in [3.63, 3.8) is 0 Å². The zero-order valence-electron chi connectivity index (χ0n) is 48.3. The number of piperazine rings is 1. The molecule has 396 valence electrons. The van der Waals surface area contributed by atoms with E-state index in [0.717, 1.165) is 31.4 Å². The molecule has 3 aliphatic heterocycles. The molecule has 3 saturated heterocycles. The fourth-order valence-electron chi connectivity index (χ4n) is 11.0. The van der Waals surface area contributed by atoms with E-state index in [0.29, 0.717) is 47.8 Å². The first-order valence-electron chi connectivity index (χ1n) is 28.6. The van der Waals surface area contributed by atoms with Crippen LogP contribution in [0.2, 0.25) is 0 Å². The number of hydrogen-bond acceptors (Lipinski definition) is 7. The molecule has 4 aromatic rings. The molecular formula is C63H104N8. The lowest BCUT2D eigenvalue weighted by atomic mass is 9.88. The Balaban J connectivity index is 0.000000210. The maximum atomic E-state index is 5.11. The van der Waals surface area contributed by atoms with E-state index in [-0.39, 0.29) is 0 Å². The Morgan fingerprint density at radius 1 is 0.535 bits per heavy atom. The van der Waals surface area contributed by atoms with Gasteiger partial charge in [0.15, 0.2) is 0 Å². The van der Waals surface area contributed by atoms with Crippen LogP contribution in [0, 0.1) is 0 Å². The van der Waals surface area contributed by atoms with Crippen LogP contribution in [-0.4, -0.2) is 130 Å². The van der Waals surface area contributed by atoms with Gasteiger partial charge in [0, 0.05) is 99.9 Å². The van der Waals surface area contributed by atoms with Gasteiger partial charge in [-0.1, -0.05) is 116 Å². The molecule has 1 aromatic heterocycles. The van der Waals surface area contributed by atoms with Crippen molar-refractivity contribution in [2.24, 2.45) is 0 Å².